The molecule has 5 nitrogen and oxygen atoms in total. The second-order valence-corrected chi connectivity index (χ2v) is 6.79. The molecule has 1 aromatic carbocycles. The zero-order valence-corrected chi connectivity index (χ0v) is 13.8. The number of carbonyl (C=O) groups excluding carboxylic acids is 1. The summed E-state index contributed by atoms with van der Waals surface area (Å²) >= 11 is 0. The molecule has 2 aliphatic rings. The summed E-state index contributed by atoms with van der Waals surface area (Å²) in [5.41, 5.74) is 0.209. The molecule has 2 heterocycles. The molecule has 2 aromatic rings. The van der Waals surface area contributed by atoms with Crippen LogP contribution in [0.4, 0.5) is 10.2 Å². The van der Waals surface area contributed by atoms with Gasteiger partial charge < -0.3 is 15.4 Å². The third kappa shape index (κ3) is 3.49. The third-order valence-corrected chi connectivity index (χ3v) is 5.14. The Hall–Kier alpha value is -2.47. The first-order valence-electron chi connectivity index (χ1n) is 8.56. The molecule has 2 N–H and O–H groups in total. The molecule has 6 heteroatoms. The van der Waals surface area contributed by atoms with E-state index in [9.17, 15) is 9.18 Å². The number of piperidine rings is 1. The number of amides is 1. The van der Waals surface area contributed by atoms with Crippen molar-refractivity contribution in [3.8, 4) is 11.5 Å². The first kappa shape index (κ1) is 16.0. The van der Waals surface area contributed by atoms with E-state index in [1.165, 1.54) is 12.1 Å². The number of benzene rings is 1. The van der Waals surface area contributed by atoms with E-state index in [0.717, 1.165) is 32.4 Å². The van der Waals surface area contributed by atoms with E-state index in [-0.39, 0.29) is 23.1 Å². The summed E-state index contributed by atoms with van der Waals surface area (Å²) < 4.78 is 18.5. The predicted molar refractivity (Wildman–Crippen MR) is 92.0 cm³/mol. The molecule has 1 aliphatic heterocycles. The summed E-state index contributed by atoms with van der Waals surface area (Å²) in [4.78, 5) is 16.7. The SMILES string of the molecule is O=C(Nc1ccc(Oc2ccc(F)cc2)cn1)C1CC12CCNCC2. The van der Waals surface area contributed by atoms with Gasteiger partial charge in [0.25, 0.3) is 0 Å². The van der Waals surface area contributed by atoms with Crippen molar-refractivity contribution in [1.82, 2.24) is 10.3 Å². The van der Waals surface area contributed by atoms with E-state index < -0.39 is 0 Å². The minimum atomic E-state index is -0.310. The average Bonchev–Trinajstić information content (AvgIpc) is 3.32. The van der Waals surface area contributed by atoms with E-state index in [1.54, 1.807) is 30.5 Å². The molecular weight excluding hydrogens is 321 g/mol. The molecule has 1 saturated heterocycles. The standard InChI is InChI=1S/C19H20FN3O2/c20-13-1-3-14(4-2-13)25-15-5-6-17(22-12-15)23-18(24)16-11-19(16)7-9-21-10-8-19/h1-6,12,16,21H,7-11H2,(H,22,23,24). The number of pyridine rings is 1. The van der Waals surface area contributed by atoms with E-state index >= 15 is 0 Å². The van der Waals surface area contributed by atoms with Crippen molar-refractivity contribution >= 4 is 11.7 Å². The lowest BCUT2D eigenvalue weighted by molar-refractivity contribution is -0.118. The number of nitrogens with one attached hydrogen (secondary N) is 2. The van der Waals surface area contributed by atoms with Gasteiger partial charge in [-0.25, -0.2) is 9.37 Å². The van der Waals surface area contributed by atoms with E-state index in [4.69, 9.17) is 4.74 Å². The van der Waals surface area contributed by atoms with Gasteiger partial charge in [-0.05, 0) is 74.2 Å². The first-order chi connectivity index (χ1) is 12.1. The molecule has 4 rings (SSSR count). The number of halogens is 1. The number of nitrogens with zero attached hydrogens (tertiary/aromatic N) is 1. The summed E-state index contributed by atoms with van der Waals surface area (Å²) in [5.74, 6) is 1.44. The molecule has 2 fully saturated rings. The maximum atomic E-state index is 12.9. The van der Waals surface area contributed by atoms with Gasteiger partial charge in [-0.2, -0.15) is 0 Å². The minimum absolute atomic E-state index is 0.0570. The second-order valence-electron chi connectivity index (χ2n) is 6.79. The smallest absolute Gasteiger partial charge is 0.229 e. The lowest BCUT2D eigenvalue weighted by Crippen LogP contribution is -2.31. The monoisotopic (exact) mass is 341 g/mol. The maximum absolute atomic E-state index is 12.9. The number of carbonyl (C=O) groups is 1. The Kier molecular flexibility index (Phi) is 4.13. The topological polar surface area (TPSA) is 63.2 Å². The highest BCUT2D eigenvalue weighted by Gasteiger charge is 2.57. The number of hydrogen-bond donors (Lipinski definition) is 2. The summed E-state index contributed by atoms with van der Waals surface area (Å²) in [5, 5.41) is 6.24. The molecule has 1 aliphatic carbocycles. The van der Waals surface area contributed by atoms with Crippen molar-refractivity contribution in [1.29, 1.82) is 0 Å². The molecule has 1 saturated carbocycles. The molecular formula is C19H20FN3O2. The van der Waals surface area contributed by atoms with Gasteiger partial charge in [0.2, 0.25) is 5.91 Å². The Labute approximate surface area is 145 Å². The van der Waals surface area contributed by atoms with Crippen LogP contribution >= 0.6 is 0 Å². The molecule has 130 valence electrons. The fourth-order valence-corrected chi connectivity index (χ4v) is 3.56. The molecule has 1 aromatic heterocycles. The van der Waals surface area contributed by atoms with Crippen LogP contribution in [0.3, 0.4) is 0 Å². The van der Waals surface area contributed by atoms with Crippen LogP contribution in [0.5, 0.6) is 11.5 Å². The summed E-state index contributed by atoms with van der Waals surface area (Å²) in [6.45, 7) is 1.99. The van der Waals surface area contributed by atoms with Crippen LogP contribution < -0.4 is 15.4 Å². The average molecular weight is 341 g/mol. The lowest BCUT2D eigenvalue weighted by Gasteiger charge is -2.23. The van der Waals surface area contributed by atoms with Crippen LogP contribution in [-0.2, 0) is 4.79 Å². The van der Waals surface area contributed by atoms with Gasteiger partial charge in [0.1, 0.15) is 23.1 Å². The van der Waals surface area contributed by atoms with E-state index in [0.29, 0.717) is 17.3 Å². The highest BCUT2D eigenvalue weighted by molar-refractivity contribution is 5.94. The van der Waals surface area contributed by atoms with Crippen LogP contribution in [0.25, 0.3) is 0 Å². The van der Waals surface area contributed by atoms with Crippen LogP contribution in [0.15, 0.2) is 42.6 Å². The van der Waals surface area contributed by atoms with Gasteiger partial charge in [-0.3, -0.25) is 4.79 Å². The number of rotatable bonds is 4. The molecule has 1 unspecified atom stereocenters. The van der Waals surface area contributed by atoms with Crippen LogP contribution in [0, 0.1) is 17.2 Å². The highest BCUT2D eigenvalue weighted by atomic mass is 19.1. The van der Waals surface area contributed by atoms with Crippen molar-refractivity contribution in [2.45, 2.75) is 19.3 Å². The Bertz CT molecular complexity index is 755. The zero-order valence-electron chi connectivity index (χ0n) is 13.8. The second kappa shape index (κ2) is 6.44. The minimum Gasteiger partial charge on any atom is -0.456 e. The Morgan fingerprint density at radius 3 is 2.56 bits per heavy atom. The Morgan fingerprint density at radius 1 is 1.16 bits per heavy atom. The lowest BCUT2D eigenvalue weighted by atomic mass is 9.92. The summed E-state index contributed by atoms with van der Waals surface area (Å²) in [7, 11) is 0. The molecule has 25 heavy (non-hydrogen) atoms. The molecule has 1 atom stereocenters. The summed E-state index contributed by atoms with van der Waals surface area (Å²) in [6.07, 6.45) is 4.67. The number of anilines is 1. The molecule has 0 bridgehead atoms. The van der Waals surface area contributed by atoms with Crippen molar-refractivity contribution in [2.75, 3.05) is 18.4 Å². The Balaban J connectivity index is 1.34. The fourth-order valence-electron chi connectivity index (χ4n) is 3.56. The predicted octanol–water partition coefficient (Wildman–Crippen LogP) is 3.34. The fraction of sp³-hybridized carbons (Fsp3) is 0.368. The molecule has 1 amide bonds. The maximum Gasteiger partial charge on any atom is 0.229 e. The van der Waals surface area contributed by atoms with E-state index in [2.05, 4.69) is 15.6 Å². The largest absolute Gasteiger partial charge is 0.456 e. The van der Waals surface area contributed by atoms with Crippen molar-refractivity contribution in [3.63, 3.8) is 0 Å². The Morgan fingerprint density at radius 2 is 1.88 bits per heavy atom. The molecule has 1 spiro atoms. The van der Waals surface area contributed by atoms with Crippen LogP contribution in [0.1, 0.15) is 19.3 Å². The van der Waals surface area contributed by atoms with Gasteiger partial charge in [0.05, 0.1) is 6.20 Å². The highest BCUT2D eigenvalue weighted by Crippen LogP contribution is 2.58. The van der Waals surface area contributed by atoms with Crippen molar-refractivity contribution in [3.05, 3.63) is 48.4 Å². The van der Waals surface area contributed by atoms with E-state index in [1.807, 2.05) is 0 Å². The van der Waals surface area contributed by atoms with Crippen molar-refractivity contribution in [2.24, 2.45) is 11.3 Å². The normalized spacial score (nSPS) is 20.9. The molecule has 0 radical (unpaired) electrons. The zero-order chi connectivity index (χ0) is 17.3. The van der Waals surface area contributed by atoms with Crippen molar-refractivity contribution < 1.29 is 13.9 Å². The van der Waals surface area contributed by atoms with Crippen LogP contribution in [0.2, 0.25) is 0 Å². The summed E-state index contributed by atoms with van der Waals surface area (Å²) in [6, 6.07) is 9.23. The third-order valence-electron chi connectivity index (χ3n) is 5.14. The number of ether oxygens (including phenoxy) is 1. The van der Waals surface area contributed by atoms with Gasteiger partial charge in [0, 0.05) is 5.92 Å². The van der Waals surface area contributed by atoms with Gasteiger partial charge in [-0.15, -0.1) is 0 Å². The quantitative estimate of drug-likeness (QED) is 0.895. The van der Waals surface area contributed by atoms with Gasteiger partial charge in [-0.1, -0.05) is 0 Å². The van der Waals surface area contributed by atoms with Gasteiger partial charge >= 0.3 is 0 Å². The number of aromatic nitrogens is 1. The number of hydrogen-bond acceptors (Lipinski definition) is 4. The van der Waals surface area contributed by atoms with Gasteiger partial charge in [0.15, 0.2) is 0 Å². The first-order valence-corrected chi connectivity index (χ1v) is 8.56. The van der Waals surface area contributed by atoms with Crippen LogP contribution in [-0.4, -0.2) is 24.0 Å².